The van der Waals surface area contributed by atoms with E-state index < -0.39 is 0 Å². The van der Waals surface area contributed by atoms with E-state index in [4.69, 9.17) is 0 Å². The molecule has 1 rings (SSSR count). The number of hydrogen-bond acceptors (Lipinski definition) is 1. The number of benzene rings is 1. The van der Waals surface area contributed by atoms with Crippen LogP contribution in [0.1, 0.15) is 19.4 Å². The molecule has 0 N–H and O–H groups in total. The van der Waals surface area contributed by atoms with Gasteiger partial charge in [0.05, 0.1) is 0 Å². The number of rotatable bonds is 4. The zero-order chi connectivity index (χ0) is 9.52. The molecule has 1 aromatic rings. The third-order valence-electron chi connectivity index (χ3n) is 2.18. The number of nitrogens with zero attached hydrogens (tertiary/aromatic N) is 1. The van der Waals surface area contributed by atoms with E-state index in [0.717, 1.165) is 12.6 Å². The van der Waals surface area contributed by atoms with Crippen LogP contribution in [0.3, 0.4) is 0 Å². The molecule has 0 aliphatic carbocycles. The highest BCUT2D eigenvalue weighted by Crippen LogP contribution is 2.00. The second-order valence-corrected chi connectivity index (χ2v) is 3.16. The maximum Gasteiger partial charge on any atom is 0.278 e. The molecule has 0 aliphatic heterocycles. The van der Waals surface area contributed by atoms with Crippen molar-refractivity contribution in [2.45, 2.75) is 26.5 Å². The van der Waals surface area contributed by atoms with E-state index >= 15 is 0 Å². The molecular formula is C11H16BN. The maximum atomic E-state index is 4.51. The Morgan fingerprint density at radius 2 is 1.77 bits per heavy atom. The monoisotopic (exact) mass is 173 g/mol. The lowest BCUT2D eigenvalue weighted by Gasteiger charge is -1.99. The normalized spacial score (nSPS) is 10.6. The molecule has 0 saturated carbocycles. The fourth-order valence-corrected chi connectivity index (χ4v) is 1.23. The van der Waals surface area contributed by atoms with Crippen LogP contribution in [0.2, 0.25) is 12.6 Å². The van der Waals surface area contributed by atoms with Crippen LogP contribution in [-0.4, -0.2) is 13.1 Å². The van der Waals surface area contributed by atoms with Crippen molar-refractivity contribution in [2.24, 2.45) is 4.90 Å². The minimum atomic E-state index is 0.486. The van der Waals surface area contributed by atoms with Crippen molar-refractivity contribution < 1.29 is 0 Å². The summed E-state index contributed by atoms with van der Waals surface area (Å²) in [5.41, 5.74) is 1.19. The predicted molar refractivity (Wildman–Crippen MR) is 60.8 cm³/mol. The van der Waals surface area contributed by atoms with Crippen molar-refractivity contribution in [1.82, 2.24) is 0 Å². The van der Waals surface area contributed by atoms with E-state index in [9.17, 15) is 0 Å². The van der Waals surface area contributed by atoms with Crippen molar-refractivity contribution in [3.8, 4) is 0 Å². The lowest BCUT2D eigenvalue weighted by molar-refractivity contribution is 1.29. The molecule has 0 unspecified atom stereocenters. The first-order chi connectivity index (χ1) is 6.36. The van der Waals surface area contributed by atoms with Gasteiger partial charge in [-0.3, -0.25) is 0 Å². The Morgan fingerprint density at radius 1 is 1.15 bits per heavy atom. The van der Waals surface area contributed by atoms with Crippen molar-refractivity contribution >= 4 is 13.1 Å². The van der Waals surface area contributed by atoms with Crippen LogP contribution in [0.5, 0.6) is 0 Å². The Hall–Kier alpha value is -1.05. The van der Waals surface area contributed by atoms with Crippen LogP contribution >= 0.6 is 0 Å². The fourth-order valence-electron chi connectivity index (χ4n) is 1.23. The van der Waals surface area contributed by atoms with Gasteiger partial charge in [0.25, 0.3) is 6.85 Å². The molecule has 1 aromatic carbocycles. The minimum Gasteiger partial charge on any atom is -0.348 e. The predicted octanol–water partition coefficient (Wildman–Crippen LogP) is 3.14. The van der Waals surface area contributed by atoms with E-state index in [2.05, 4.69) is 30.9 Å². The van der Waals surface area contributed by atoms with Gasteiger partial charge in [-0.05, 0) is 5.56 Å². The fraction of sp³-hybridized carbons (Fsp3) is 0.364. The minimum absolute atomic E-state index is 0.486. The summed E-state index contributed by atoms with van der Waals surface area (Å²) in [5, 5.41) is 0. The molecule has 0 radical (unpaired) electrons. The Bertz CT molecular complexity index is 252. The van der Waals surface area contributed by atoms with Gasteiger partial charge in [0.15, 0.2) is 0 Å². The third kappa shape index (κ3) is 3.45. The van der Waals surface area contributed by atoms with Gasteiger partial charge in [0.1, 0.15) is 0 Å². The molecule has 0 saturated heterocycles. The molecule has 0 aromatic heterocycles. The summed E-state index contributed by atoms with van der Waals surface area (Å²) in [7, 11) is 0. The highest BCUT2D eigenvalue weighted by Gasteiger charge is 2.04. The van der Waals surface area contributed by atoms with Gasteiger partial charge in [-0.25, -0.2) is 0 Å². The first-order valence-corrected chi connectivity index (χ1v) is 4.95. The quantitative estimate of drug-likeness (QED) is 0.489. The maximum absolute atomic E-state index is 4.51. The second kappa shape index (κ2) is 5.57. The molecule has 0 fully saturated rings. The second-order valence-electron chi connectivity index (χ2n) is 3.16. The Labute approximate surface area is 81.0 Å². The van der Waals surface area contributed by atoms with Gasteiger partial charge >= 0.3 is 0 Å². The highest BCUT2D eigenvalue weighted by molar-refractivity contribution is 6.57. The zero-order valence-corrected chi connectivity index (χ0v) is 8.40. The summed E-state index contributed by atoms with van der Waals surface area (Å²) in [6.07, 6.45) is 4.22. The van der Waals surface area contributed by atoms with E-state index in [1.165, 1.54) is 5.56 Å². The van der Waals surface area contributed by atoms with Gasteiger partial charge in [-0.15, -0.1) is 0 Å². The van der Waals surface area contributed by atoms with E-state index in [-0.39, 0.29) is 0 Å². The summed E-state index contributed by atoms with van der Waals surface area (Å²) in [6.45, 7) is 4.84. The summed E-state index contributed by atoms with van der Waals surface area (Å²) in [6, 6.07) is 10.2. The Balaban J connectivity index is 2.57. The van der Waals surface area contributed by atoms with Crippen LogP contribution < -0.4 is 0 Å². The zero-order valence-electron chi connectivity index (χ0n) is 8.40. The van der Waals surface area contributed by atoms with Crippen LogP contribution in [0.4, 0.5) is 0 Å². The van der Waals surface area contributed by atoms with Crippen LogP contribution in [0.25, 0.3) is 0 Å². The van der Waals surface area contributed by atoms with Crippen molar-refractivity contribution in [1.29, 1.82) is 0 Å². The molecule has 0 atom stereocenters. The van der Waals surface area contributed by atoms with Crippen molar-refractivity contribution in [3.05, 3.63) is 35.9 Å². The molecule has 1 nitrogen and oxygen atoms in total. The van der Waals surface area contributed by atoms with Crippen LogP contribution in [0.15, 0.2) is 35.2 Å². The Morgan fingerprint density at radius 3 is 2.31 bits per heavy atom. The molecular weight excluding hydrogens is 157 g/mol. The van der Waals surface area contributed by atoms with Gasteiger partial charge in [-0.2, -0.15) is 0 Å². The molecule has 0 heterocycles. The van der Waals surface area contributed by atoms with Gasteiger partial charge in [-0.1, -0.05) is 56.8 Å². The van der Waals surface area contributed by atoms with Crippen LogP contribution in [0, 0.1) is 0 Å². The number of hydrogen-bond donors (Lipinski definition) is 0. The average Bonchev–Trinajstić information content (AvgIpc) is 2.21. The summed E-state index contributed by atoms with van der Waals surface area (Å²) < 4.78 is 0. The molecule has 0 amide bonds. The standard InChI is InChI=1S/C11H16BN/c1-3-12(4-2)13-10-11-8-6-5-7-9-11/h5-10H,3-4H2,1-2H3/b13-10+. The highest BCUT2D eigenvalue weighted by atomic mass is 14.6. The smallest absolute Gasteiger partial charge is 0.278 e. The molecule has 68 valence electrons. The first kappa shape index (κ1) is 10.0. The lowest BCUT2D eigenvalue weighted by Crippen LogP contribution is -2.05. The van der Waals surface area contributed by atoms with E-state index in [1.54, 1.807) is 0 Å². The van der Waals surface area contributed by atoms with Gasteiger partial charge < -0.3 is 4.90 Å². The van der Waals surface area contributed by atoms with Gasteiger partial charge in [0.2, 0.25) is 0 Å². The Kier molecular flexibility index (Phi) is 4.30. The van der Waals surface area contributed by atoms with E-state index in [0.29, 0.717) is 6.85 Å². The molecule has 13 heavy (non-hydrogen) atoms. The third-order valence-corrected chi connectivity index (χ3v) is 2.18. The summed E-state index contributed by atoms with van der Waals surface area (Å²) >= 11 is 0. The lowest BCUT2D eigenvalue weighted by atomic mass is 9.58. The van der Waals surface area contributed by atoms with Crippen molar-refractivity contribution in [2.75, 3.05) is 0 Å². The first-order valence-electron chi connectivity index (χ1n) is 4.95. The SMILES string of the molecule is CCB(CC)/N=C/c1ccccc1. The molecule has 0 spiro atoms. The largest absolute Gasteiger partial charge is 0.348 e. The van der Waals surface area contributed by atoms with Gasteiger partial charge in [0, 0.05) is 6.21 Å². The van der Waals surface area contributed by atoms with Crippen molar-refractivity contribution in [3.63, 3.8) is 0 Å². The molecule has 2 heteroatoms. The van der Waals surface area contributed by atoms with E-state index in [1.807, 2.05) is 24.4 Å². The molecule has 0 bridgehead atoms. The molecule has 0 aliphatic rings. The summed E-state index contributed by atoms with van der Waals surface area (Å²) in [4.78, 5) is 4.51. The summed E-state index contributed by atoms with van der Waals surface area (Å²) in [5.74, 6) is 0. The average molecular weight is 173 g/mol. The topological polar surface area (TPSA) is 12.4 Å². The van der Waals surface area contributed by atoms with Crippen LogP contribution in [-0.2, 0) is 0 Å².